The molecule has 1 aromatic heterocycles. The van der Waals surface area contributed by atoms with Gasteiger partial charge in [-0.1, -0.05) is 0 Å². The van der Waals surface area contributed by atoms with Crippen molar-refractivity contribution in [2.24, 2.45) is 13.0 Å². The van der Waals surface area contributed by atoms with E-state index in [0.29, 0.717) is 12.5 Å². The number of likely N-dealkylation sites (tertiary alicyclic amines) is 1. The molecule has 7 nitrogen and oxygen atoms in total. The predicted molar refractivity (Wildman–Crippen MR) is 84.4 cm³/mol. The molecule has 0 spiro atoms. The summed E-state index contributed by atoms with van der Waals surface area (Å²) in [5, 5.41) is 9.97. The van der Waals surface area contributed by atoms with E-state index in [1.807, 2.05) is 20.0 Å². The van der Waals surface area contributed by atoms with Crippen molar-refractivity contribution in [1.82, 2.24) is 20.0 Å². The Kier molecular flexibility index (Phi) is 5.54. The number of anilines is 1. The van der Waals surface area contributed by atoms with Crippen LogP contribution in [0.15, 0.2) is 6.07 Å². The van der Waals surface area contributed by atoms with E-state index < -0.39 is 0 Å². The van der Waals surface area contributed by atoms with E-state index in [0.717, 1.165) is 44.0 Å². The number of amides is 2. The van der Waals surface area contributed by atoms with Crippen molar-refractivity contribution in [3.63, 3.8) is 0 Å². The SMILES string of the molecule is CC(=O)NCC1CCN(CC(=O)Nc2cc(C)nn2C)CC1. The van der Waals surface area contributed by atoms with Gasteiger partial charge in [-0.2, -0.15) is 5.10 Å². The van der Waals surface area contributed by atoms with Gasteiger partial charge >= 0.3 is 0 Å². The maximum atomic E-state index is 12.1. The van der Waals surface area contributed by atoms with Gasteiger partial charge in [0, 0.05) is 26.6 Å². The Balaban J connectivity index is 1.72. The molecule has 7 heteroatoms. The largest absolute Gasteiger partial charge is 0.356 e. The van der Waals surface area contributed by atoms with Crippen molar-refractivity contribution in [1.29, 1.82) is 0 Å². The average molecular weight is 307 g/mol. The number of nitrogens with one attached hydrogen (secondary N) is 2. The van der Waals surface area contributed by atoms with Gasteiger partial charge in [0.05, 0.1) is 12.2 Å². The van der Waals surface area contributed by atoms with E-state index in [1.165, 1.54) is 0 Å². The van der Waals surface area contributed by atoms with Crippen LogP contribution in [0.1, 0.15) is 25.5 Å². The highest BCUT2D eigenvalue weighted by atomic mass is 16.2. The van der Waals surface area contributed by atoms with Crippen molar-refractivity contribution < 1.29 is 9.59 Å². The lowest BCUT2D eigenvalue weighted by atomic mass is 9.97. The molecule has 2 heterocycles. The minimum absolute atomic E-state index is 0.0108. The van der Waals surface area contributed by atoms with E-state index in [2.05, 4.69) is 20.6 Å². The molecule has 2 rings (SSSR count). The van der Waals surface area contributed by atoms with Crippen molar-refractivity contribution >= 4 is 17.6 Å². The summed E-state index contributed by atoms with van der Waals surface area (Å²) in [4.78, 5) is 25.2. The van der Waals surface area contributed by atoms with Crippen LogP contribution in [0, 0.1) is 12.8 Å². The number of rotatable bonds is 5. The number of hydrogen-bond donors (Lipinski definition) is 2. The first-order valence-electron chi connectivity index (χ1n) is 7.71. The second kappa shape index (κ2) is 7.40. The molecule has 1 aliphatic rings. The fourth-order valence-electron chi connectivity index (χ4n) is 2.75. The summed E-state index contributed by atoms with van der Waals surface area (Å²) in [5.74, 6) is 1.25. The highest BCUT2D eigenvalue weighted by Crippen LogP contribution is 2.16. The molecule has 0 radical (unpaired) electrons. The van der Waals surface area contributed by atoms with E-state index >= 15 is 0 Å². The number of piperidine rings is 1. The Morgan fingerprint density at radius 3 is 2.59 bits per heavy atom. The maximum Gasteiger partial charge on any atom is 0.239 e. The van der Waals surface area contributed by atoms with Crippen molar-refractivity contribution in [3.05, 3.63) is 11.8 Å². The standard InChI is InChI=1S/C15H25N5O2/c1-11-8-14(19(3)18-11)17-15(22)10-20-6-4-13(5-7-20)9-16-12(2)21/h8,13H,4-7,9-10H2,1-3H3,(H,16,21)(H,17,22). The van der Waals surface area contributed by atoms with E-state index in [4.69, 9.17) is 0 Å². The smallest absolute Gasteiger partial charge is 0.239 e. The lowest BCUT2D eigenvalue weighted by molar-refractivity contribution is -0.119. The van der Waals surface area contributed by atoms with E-state index in [9.17, 15) is 9.59 Å². The molecule has 0 bridgehead atoms. The quantitative estimate of drug-likeness (QED) is 0.831. The normalized spacial score (nSPS) is 16.5. The zero-order valence-electron chi connectivity index (χ0n) is 13.6. The molecule has 1 aliphatic heterocycles. The molecule has 0 atom stereocenters. The summed E-state index contributed by atoms with van der Waals surface area (Å²) in [6.07, 6.45) is 2.02. The Hall–Kier alpha value is -1.89. The summed E-state index contributed by atoms with van der Waals surface area (Å²) in [6, 6.07) is 1.86. The van der Waals surface area contributed by atoms with Crippen LogP contribution in [0.25, 0.3) is 0 Å². The van der Waals surface area contributed by atoms with Crippen LogP contribution < -0.4 is 10.6 Å². The summed E-state index contributed by atoms with van der Waals surface area (Å²) >= 11 is 0. The summed E-state index contributed by atoms with van der Waals surface area (Å²) < 4.78 is 1.67. The molecule has 1 fully saturated rings. The van der Waals surface area contributed by atoms with Crippen molar-refractivity contribution in [3.8, 4) is 0 Å². The molecule has 1 aromatic rings. The Morgan fingerprint density at radius 2 is 2.05 bits per heavy atom. The fraction of sp³-hybridized carbons (Fsp3) is 0.667. The van der Waals surface area contributed by atoms with Gasteiger partial charge in [-0.05, 0) is 38.8 Å². The molecule has 0 unspecified atom stereocenters. The van der Waals surface area contributed by atoms with Crippen LogP contribution in [-0.4, -0.2) is 52.7 Å². The minimum atomic E-state index is -0.0108. The average Bonchev–Trinajstić information content (AvgIpc) is 2.76. The molecule has 2 amide bonds. The molecule has 0 saturated carbocycles. The van der Waals surface area contributed by atoms with Gasteiger partial charge in [0.25, 0.3) is 0 Å². The number of aromatic nitrogens is 2. The third kappa shape index (κ3) is 4.84. The summed E-state index contributed by atoms with van der Waals surface area (Å²) in [7, 11) is 1.82. The molecular formula is C15H25N5O2. The lowest BCUT2D eigenvalue weighted by Crippen LogP contribution is -2.41. The van der Waals surface area contributed by atoms with Crippen LogP contribution in [0.4, 0.5) is 5.82 Å². The number of hydrogen-bond acceptors (Lipinski definition) is 4. The zero-order valence-corrected chi connectivity index (χ0v) is 13.6. The predicted octanol–water partition coefficient (Wildman–Crippen LogP) is 0.515. The monoisotopic (exact) mass is 307 g/mol. The van der Waals surface area contributed by atoms with Gasteiger partial charge in [0.15, 0.2) is 0 Å². The first kappa shape index (κ1) is 16.5. The van der Waals surface area contributed by atoms with Crippen molar-refractivity contribution in [2.75, 3.05) is 31.5 Å². The number of carbonyl (C=O) groups is 2. The summed E-state index contributed by atoms with van der Waals surface area (Å²) in [5.41, 5.74) is 0.886. The number of aryl methyl sites for hydroxylation is 2. The third-order valence-corrected chi connectivity index (χ3v) is 3.98. The van der Waals surface area contributed by atoms with E-state index in [1.54, 1.807) is 11.6 Å². The van der Waals surface area contributed by atoms with E-state index in [-0.39, 0.29) is 11.8 Å². The topological polar surface area (TPSA) is 79.3 Å². The molecule has 1 saturated heterocycles. The summed E-state index contributed by atoms with van der Waals surface area (Å²) in [6.45, 7) is 6.36. The maximum absolute atomic E-state index is 12.1. The Bertz CT molecular complexity index is 532. The van der Waals surface area contributed by atoms with Crippen LogP contribution in [0.2, 0.25) is 0 Å². The second-order valence-corrected chi connectivity index (χ2v) is 6.00. The van der Waals surface area contributed by atoms with Crippen LogP contribution in [0.3, 0.4) is 0 Å². The molecule has 0 aliphatic carbocycles. The molecule has 22 heavy (non-hydrogen) atoms. The zero-order chi connectivity index (χ0) is 16.1. The minimum Gasteiger partial charge on any atom is -0.356 e. The number of carbonyl (C=O) groups excluding carboxylic acids is 2. The highest BCUT2D eigenvalue weighted by Gasteiger charge is 2.21. The molecule has 122 valence electrons. The first-order valence-corrected chi connectivity index (χ1v) is 7.71. The van der Waals surface area contributed by atoms with Crippen molar-refractivity contribution in [2.45, 2.75) is 26.7 Å². The van der Waals surface area contributed by atoms with Gasteiger partial charge in [-0.3, -0.25) is 19.2 Å². The van der Waals surface area contributed by atoms with Gasteiger partial charge < -0.3 is 10.6 Å². The third-order valence-electron chi connectivity index (χ3n) is 3.98. The molecule has 2 N–H and O–H groups in total. The second-order valence-electron chi connectivity index (χ2n) is 6.00. The van der Waals surface area contributed by atoms with Crippen LogP contribution in [0.5, 0.6) is 0 Å². The van der Waals surface area contributed by atoms with Gasteiger partial charge in [-0.15, -0.1) is 0 Å². The molecule has 0 aromatic carbocycles. The van der Waals surface area contributed by atoms with Crippen LogP contribution in [-0.2, 0) is 16.6 Å². The van der Waals surface area contributed by atoms with Gasteiger partial charge in [0.2, 0.25) is 11.8 Å². The first-order chi connectivity index (χ1) is 10.4. The number of nitrogens with zero attached hydrogens (tertiary/aromatic N) is 3. The lowest BCUT2D eigenvalue weighted by Gasteiger charge is -2.31. The Labute approximate surface area is 131 Å². The van der Waals surface area contributed by atoms with Crippen LogP contribution >= 0.6 is 0 Å². The van der Waals surface area contributed by atoms with Gasteiger partial charge in [0.1, 0.15) is 5.82 Å². The van der Waals surface area contributed by atoms with Gasteiger partial charge in [-0.25, -0.2) is 0 Å². The fourth-order valence-corrected chi connectivity index (χ4v) is 2.75. The highest BCUT2D eigenvalue weighted by molar-refractivity contribution is 5.91. The Morgan fingerprint density at radius 1 is 1.36 bits per heavy atom. The molecular weight excluding hydrogens is 282 g/mol.